The molecule has 0 aromatic heterocycles. The van der Waals surface area contributed by atoms with Crippen molar-refractivity contribution >= 4 is 5.70 Å². The Kier molecular flexibility index (Phi) is 4.21. The fourth-order valence-corrected chi connectivity index (χ4v) is 2.39. The van der Waals surface area contributed by atoms with Crippen molar-refractivity contribution in [3.05, 3.63) is 42.0 Å². The summed E-state index contributed by atoms with van der Waals surface area (Å²) in [6.07, 6.45) is 1.93. The molecule has 0 aliphatic carbocycles. The highest BCUT2D eigenvalue weighted by atomic mass is 16.2. The Labute approximate surface area is 120 Å². The maximum Gasteiger partial charge on any atom is 0.131 e. The summed E-state index contributed by atoms with van der Waals surface area (Å²) in [7, 11) is 1.86. The number of aliphatic hydroxyl groups is 1. The van der Waals surface area contributed by atoms with Crippen molar-refractivity contribution in [2.45, 2.75) is 12.5 Å². The van der Waals surface area contributed by atoms with Gasteiger partial charge in [0.25, 0.3) is 0 Å². The summed E-state index contributed by atoms with van der Waals surface area (Å²) in [4.78, 5) is 1.79. The van der Waals surface area contributed by atoms with Crippen molar-refractivity contribution in [3.8, 4) is 12.2 Å². The molecule has 1 aliphatic rings. The van der Waals surface area contributed by atoms with Crippen LogP contribution < -0.4 is 10.6 Å². The molecule has 3 N–H and O–H groups in total. The minimum atomic E-state index is -0.0828. The van der Waals surface area contributed by atoms with Gasteiger partial charge in [-0.15, -0.1) is 0 Å². The minimum Gasteiger partial charge on any atom is -0.461 e. The second kappa shape index (κ2) is 5.89. The lowest BCUT2D eigenvalue weighted by Gasteiger charge is -2.45. The van der Waals surface area contributed by atoms with Crippen LogP contribution in [-0.4, -0.2) is 42.2 Å². The van der Waals surface area contributed by atoms with E-state index in [9.17, 15) is 0 Å². The monoisotopic (exact) mass is 271 g/mol. The molecule has 1 saturated heterocycles. The van der Waals surface area contributed by atoms with Gasteiger partial charge in [0, 0.05) is 25.8 Å². The number of rotatable bonds is 5. The predicted octanol–water partition coefficient (Wildman–Crippen LogP) is 1.12. The van der Waals surface area contributed by atoms with Crippen molar-refractivity contribution in [3.63, 3.8) is 0 Å². The van der Waals surface area contributed by atoms with E-state index in [0.717, 1.165) is 30.9 Å². The first-order valence-electron chi connectivity index (χ1n) is 6.65. The molecule has 20 heavy (non-hydrogen) atoms. The highest BCUT2D eigenvalue weighted by Crippen LogP contribution is 2.19. The third kappa shape index (κ3) is 3.25. The zero-order chi connectivity index (χ0) is 14.6. The Morgan fingerprint density at radius 1 is 1.45 bits per heavy atom. The van der Waals surface area contributed by atoms with Crippen LogP contribution in [0.2, 0.25) is 0 Å². The number of hydrogen-bond donors (Lipinski definition) is 3. The zero-order valence-corrected chi connectivity index (χ0v) is 12.0. The summed E-state index contributed by atoms with van der Waals surface area (Å²) >= 11 is 0. The van der Waals surface area contributed by atoms with Gasteiger partial charge in [-0.25, -0.2) is 0 Å². The van der Waals surface area contributed by atoms with Crippen LogP contribution in [0.1, 0.15) is 11.1 Å². The Hall–Kier alpha value is -2.12. The highest BCUT2D eigenvalue weighted by molar-refractivity contribution is 5.62. The molecule has 1 aromatic rings. The molecule has 4 heteroatoms. The van der Waals surface area contributed by atoms with Gasteiger partial charge in [-0.3, -0.25) is 0 Å². The van der Waals surface area contributed by atoms with Gasteiger partial charge in [-0.1, -0.05) is 36.4 Å². The third-order valence-corrected chi connectivity index (χ3v) is 3.52. The minimum absolute atomic E-state index is 0.0828. The van der Waals surface area contributed by atoms with Crippen LogP contribution >= 0.6 is 0 Å². The van der Waals surface area contributed by atoms with Crippen LogP contribution in [0.3, 0.4) is 0 Å². The standard InChI is InChI=1S/C16H21N3O/c1-13-4-6-15(7-5-13)14(2)18-16(10-17-11-16)12-19(3)8-9-20/h4-7,17-18,20H,2,10-12H2,1,3H3. The molecule has 0 bridgehead atoms. The molecular formula is C16H21N3O. The fourth-order valence-electron chi connectivity index (χ4n) is 2.39. The van der Waals surface area contributed by atoms with Gasteiger partial charge in [0.2, 0.25) is 0 Å². The predicted molar refractivity (Wildman–Crippen MR) is 81.3 cm³/mol. The quantitative estimate of drug-likeness (QED) is 0.555. The number of nitrogens with zero attached hydrogens (tertiary/aromatic N) is 1. The topological polar surface area (TPSA) is 47.5 Å². The first kappa shape index (κ1) is 14.3. The molecule has 0 atom stereocenters. The second-order valence-electron chi connectivity index (χ2n) is 5.43. The Morgan fingerprint density at radius 3 is 2.60 bits per heavy atom. The van der Waals surface area contributed by atoms with Crippen molar-refractivity contribution in [2.24, 2.45) is 0 Å². The van der Waals surface area contributed by atoms with E-state index in [-0.39, 0.29) is 5.54 Å². The molecule has 1 fully saturated rings. The van der Waals surface area contributed by atoms with Crippen LogP contribution in [0.4, 0.5) is 0 Å². The number of aliphatic hydroxyl groups excluding tert-OH is 1. The van der Waals surface area contributed by atoms with Gasteiger partial charge in [0.1, 0.15) is 6.11 Å². The van der Waals surface area contributed by atoms with Crippen LogP contribution in [0.15, 0.2) is 30.8 Å². The summed E-state index contributed by atoms with van der Waals surface area (Å²) < 4.78 is 0. The van der Waals surface area contributed by atoms with Gasteiger partial charge in [-0.05, 0) is 12.5 Å². The lowest BCUT2D eigenvalue weighted by molar-refractivity contribution is 0.197. The van der Waals surface area contributed by atoms with E-state index in [1.165, 1.54) is 5.56 Å². The molecule has 1 aliphatic heterocycles. The van der Waals surface area contributed by atoms with Crippen LogP contribution in [0.25, 0.3) is 5.70 Å². The molecule has 4 nitrogen and oxygen atoms in total. The van der Waals surface area contributed by atoms with Crippen molar-refractivity contribution in [2.75, 3.05) is 26.7 Å². The van der Waals surface area contributed by atoms with Crippen molar-refractivity contribution in [1.82, 2.24) is 15.5 Å². The van der Waals surface area contributed by atoms with Gasteiger partial charge >= 0.3 is 0 Å². The van der Waals surface area contributed by atoms with E-state index in [0.29, 0.717) is 0 Å². The Balaban J connectivity index is 2.03. The van der Waals surface area contributed by atoms with E-state index >= 15 is 0 Å². The SMILES string of the molecule is C=C(NC1(CN(C)C#CO)CNC1)c1ccc(C)cc1. The molecule has 1 aromatic carbocycles. The molecule has 0 spiro atoms. The first-order chi connectivity index (χ1) is 9.54. The third-order valence-electron chi connectivity index (χ3n) is 3.52. The molecule has 2 rings (SSSR count). The molecule has 0 radical (unpaired) electrons. The fraction of sp³-hybridized carbons (Fsp3) is 0.375. The van der Waals surface area contributed by atoms with Gasteiger partial charge < -0.3 is 20.6 Å². The highest BCUT2D eigenvalue weighted by Gasteiger charge is 2.38. The van der Waals surface area contributed by atoms with E-state index in [1.807, 2.05) is 13.2 Å². The number of hydrogen-bond acceptors (Lipinski definition) is 4. The molecule has 0 saturated carbocycles. The molecular weight excluding hydrogens is 250 g/mol. The number of nitrogens with one attached hydrogen (secondary N) is 2. The average molecular weight is 271 g/mol. The summed E-state index contributed by atoms with van der Waals surface area (Å²) in [5.74, 6) is 0. The summed E-state index contributed by atoms with van der Waals surface area (Å²) in [5, 5.41) is 15.4. The molecule has 0 amide bonds. The second-order valence-corrected chi connectivity index (χ2v) is 5.43. The van der Waals surface area contributed by atoms with Gasteiger partial charge in [0.15, 0.2) is 0 Å². The van der Waals surface area contributed by atoms with E-state index in [4.69, 9.17) is 5.11 Å². The number of likely N-dealkylation sites (N-methyl/N-ethyl adjacent to an activating group) is 1. The molecule has 0 unspecified atom stereocenters. The zero-order valence-electron chi connectivity index (χ0n) is 12.0. The smallest absolute Gasteiger partial charge is 0.131 e. The maximum atomic E-state index is 8.65. The van der Waals surface area contributed by atoms with E-state index < -0.39 is 0 Å². The molecule has 1 heterocycles. The lowest BCUT2D eigenvalue weighted by atomic mass is 9.90. The summed E-state index contributed by atoms with van der Waals surface area (Å²) in [5.41, 5.74) is 3.16. The van der Waals surface area contributed by atoms with Crippen LogP contribution in [-0.2, 0) is 0 Å². The van der Waals surface area contributed by atoms with E-state index in [1.54, 1.807) is 4.90 Å². The maximum absolute atomic E-state index is 8.65. The first-order valence-corrected chi connectivity index (χ1v) is 6.65. The largest absolute Gasteiger partial charge is 0.461 e. The van der Waals surface area contributed by atoms with Gasteiger partial charge in [0.05, 0.1) is 18.1 Å². The normalized spacial score (nSPS) is 15.5. The summed E-state index contributed by atoms with van der Waals surface area (Å²) in [6, 6.07) is 10.9. The van der Waals surface area contributed by atoms with Crippen molar-refractivity contribution in [1.29, 1.82) is 0 Å². The van der Waals surface area contributed by atoms with E-state index in [2.05, 4.69) is 54.4 Å². The molecule has 106 valence electrons. The Bertz CT molecular complexity index is 535. The summed E-state index contributed by atoms with van der Waals surface area (Å²) in [6.45, 7) is 8.63. The van der Waals surface area contributed by atoms with Gasteiger partial charge in [-0.2, -0.15) is 0 Å². The number of aryl methyl sites for hydroxylation is 1. The van der Waals surface area contributed by atoms with Crippen LogP contribution in [0.5, 0.6) is 0 Å². The van der Waals surface area contributed by atoms with Crippen molar-refractivity contribution < 1.29 is 5.11 Å². The van der Waals surface area contributed by atoms with Crippen LogP contribution in [0, 0.1) is 19.1 Å². The lowest BCUT2D eigenvalue weighted by Crippen LogP contribution is -2.70. The average Bonchev–Trinajstić information content (AvgIpc) is 2.37. The Morgan fingerprint density at radius 2 is 2.10 bits per heavy atom. The number of benzene rings is 1.